The molecule has 1 amide bonds. The Hall–Kier alpha value is -2.78. The molecular formula is C21H24N6O2S. The van der Waals surface area contributed by atoms with Gasteiger partial charge in [-0.05, 0) is 18.6 Å². The lowest BCUT2D eigenvalue weighted by Gasteiger charge is -2.46. The minimum atomic E-state index is -0.482. The molecule has 0 unspecified atom stereocenters. The van der Waals surface area contributed by atoms with Crippen LogP contribution in [0.2, 0.25) is 0 Å². The molecule has 30 heavy (non-hydrogen) atoms. The quantitative estimate of drug-likeness (QED) is 0.626. The van der Waals surface area contributed by atoms with Crippen LogP contribution in [0.3, 0.4) is 0 Å². The van der Waals surface area contributed by atoms with Crippen LogP contribution >= 0.6 is 11.3 Å². The summed E-state index contributed by atoms with van der Waals surface area (Å²) < 4.78 is 1.74. The van der Waals surface area contributed by atoms with Crippen LogP contribution in [0.4, 0.5) is 0 Å². The average Bonchev–Trinajstić information content (AvgIpc) is 3.43. The number of fused-ring (bicyclic) bond motifs is 4. The van der Waals surface area contributed by atoms with E-state index in [1.807, 2.05) is 17.5 Å². The minimum Gasteiger partial charge on any atom is -0.354 e. The first-order chi connectivity index (χ1) is 14.7. The molecule has 3 atom stereocenters. The summed E-state index contributed by atoms with van der Waals surface area (Å²) in [6.45, 7) is 2.93. The SMILES string of the molecule is O=C(NCCc1cscn1)[C@H]1[C@@H]2C[C@@H](CN(Cc3ccn[nH]3)C2)c2cccc(=O)n21. The highest BCUT2D eigenvalue weighted by atomic mass is 32.1. The molecule has 2 aliphatic rings. The number of carbonyl (C=O) groups is 1. The molecule has 0 aromatic carbocycles. The largest absolute Gasteiger partial charge is 0.354 e. The number of piperidine rings is 1. The number of aromatic nitrogens is 4. The lowest BCUT2D eigenvalue weighted by atomic mass is 9.78. The highest BCUT2D eigenvalue weighted by Gasteiger charge is 2.43. The Morgan fingerprint density at radius 3 is 3.03 bits per heavy atom. The number of rotatable bonds is 6. The van der Waals surface area contributed by atoms with Gasteiger partial charge in [-0.15, -0.1) is 11.3 Å². The summed E-state index contributed by atoms with van der Waals surface area (Å²) >= 11 is 1.55. The van der Waals surface area contributed by atoms with Crippen molar-refractivity contribution in [3.05, 3.63) is 68.8 Å². The zero-order chi connectivity index (χ0) is 20.5. The van der Waals surface area contributed by atoms with E-state index in [-0.39, 0.29) is 23.3 Å². The number of pyridine rings is 1. The zero-order valence-electron chi connectivity index (χ0n) is 16.5. The topological polar surface area (TPSA) is 95.9 Å². The third-order valence-corrected chi connectivity index (χ3v) is 6.74. The first-order valence-corrected chi connectivity index (χ1v) is 11.2. The number of hydrogen-bond acceptors (Lipinski definition) is 6. The van der Waals surface area contributed by atoms with Gasteiger partial charge in [0.15, 0.2) is 0 Å². The van der Waals surface area contributed by atoms with Crippen molar-refractivity contribution in [1.82, 2.24) is 30.0 Å². The molecule has 1 saturated heterocycles. The number of nitrogens with one attached hydrogen (secondary N) is 2. The predicted molar refractivity (Wildman–Crippen MR) is 113 cm³/mol. The molecule has 3 aromatic rings. The maximum Gasteiger partial charge on any atom is 0.251 e. The molecule has 0 saturated carbocycles. The van der Waals surface area contributed by atoms with E-state index in [2.05, 4.69) is 25.4 Å². The molecular weight excluding hydrogens is 400 g/mol. The Labute approximate surface area is 178 Å². The summed E-state index contributed by atoms with van der Waals surface area (Å²) in [5, 5.41) is 12.1. The van der Waals surface area contributed by atoms with Crippen LogP contribution in [-0.2, 0) is 17.8 Å². The third-order valence-electron chi connectivity index (χ3n) is 6.11. The number of nitrogens with zero attached hydrogens (tertiary/aromatic N) is 4. The second kappa shape index (κ2) is 8.16. The van der Waals surface area contributed by atoms with Gasteiger partial charge in [0.05, 0.1) is 11.2 Å². The van der Waals surface area contributed by atoms with Gasteiger partial charge in [-0.25, -0.2) is 4.98 Å². The second-order valence-corrected chi connectivity index (χ2v) is 8.81. The molecule has 5 heterocycles. The summed E-state index contributed by atoms with van der Waals surface area (Å²) in [5.74, 6) is 0.268. The van der Waals surface area contributed by atoms with Gasteiger partial charge in [0.25, 0.3) is 5.56 Å². The molecule has 2 bridgehead atoms. The van der Waals surface area contributed by atoms with Gasteiger partial charge in [-0.2, -0.15) is 5.10 Å². The van der Waals surface area contributed by atoms with Gasteiger partial charge in [-0.3, -0.25) is 24.2 Å². The highest BCUT2D eigenvalue weighted by molar-refractivity contribution is 7.07. The van der Waals surface area contributed by atoms with Crippen molar-refractivity contribution < 1.29 is 4.79 Å². The van der Waals surface area contributed by atoms with Crippen molar-refractivity contribution in [2.24, 2.45) is 5.92 Å². The van der Waals surface area contributed by atoms with E-state index >= 15 is 0 Å². The average molecular weight is 425 g/mol. The number of carbonyl (C=O) groups excluding carboxylic acids is 1. The van der Waals surface area contributed by atoms with Gasteiger partial charge in [0.1, 0.15) is 6.04 Å². The standard InChI is InChI=1S/C21H24N6O2S/c28-19-3-1-2-18-14-8-15(10-26(9-14)11-16-5-7-24-25-16)20(27(18)19)21(29)22-6-4-17-12-30-13-23-17/h1-3,5,7,12-15,20H,4,6,8-11H2,(H,22,29)(H,24,25)/t14-,15+,20+/m0/s1. The first-order valence-electron chi connectivity index (χ1n) is 10.3. The first kappa shape index (κ1) is 19.2. The molecule has 2 aliphatic heterocycles. The third kappa shape index (κ3) is 3.70. The van der Waals surface area contributed by atoms with Crippen LogP contribution in [0.25, 0.3) is 0 Å². The van der Waals surface area contributed by atoms with E-state index in [0.717, 1.165) is 43.1 Å². The summed E-state index contributed by atoms with van der Waals surface area (Å²) in [4.78, 5) is 32.6. The molecule has 2 N–H and O–H groups in total. The van der Waals surface area contributed by atoms with Gasteiger partial charge >= 0.3 is 0 Å². The van der Waals surface area contributed by atoms with E-state index in [1.165, 1.54) is 0 Å². The van der Waals surface area contributed by atoms with Crippen molar-refractivity contribution >= 4 is 17.2 Å². The normalized spacial score (nSPS) is 23.1. The smallest absolute Gasteiger partial charge is 0.251 e. The van der Waals surface area contributed by atoms with Crippen molar-refractivity contribution in [3.63, 3.8) is 0 Å². The van der Waals surface area contributed by atoms with E-state index in [9.17, 15) is 9.59 Å². The number of hydrogen-bond donors (Lipinski definition) is 2. The number of aromatic amines is 1. The Balaban J connectivity index is 1.38. The summed E-state index contributed by atoms with van der Waals surface area (Å²) in [5.41, 5.74) is 4.70. The maximum absolute atomic E-state index is 13.2. The molecule has 8 nitrogen and oxygen atoms in total. The Morgan fingerprint density at radius 1 is 1.30 bits per heavy atom. The Morgan fingerprint density at radius 2 is 2.23 bits per heavy atom. The summed E-state index contributed by atoms with van der Waals surface area (Å²) in [7, 11) is 0. The molecule has 0 aliphatic carbocycles. The Kier molecular flexibility index (Phi) is 5.22. The lowest BCUT2D eigenvalue weighted by molar-refractivity contribution is -0.127. The fourth-order valence-electron chi connectivity index (χ4n) is 4.89. The fraction of sp³-hybridized carbons (Fsp3) is 0.429. The van der Waals surface area contributed by atoms with E-state index in [4.69, 9.17) is 0 Å². The second-order valence-electron chi connectivity index (χ2n) is 8.09. The van der Waals surface area contributed by atoms with Gasteiger partial charge < -0.3 is 5.32 Å². The van der Waals surface area contributed by atoms with Gasteiger partial charge in [0, 0.05) is 73.5 Å². The van der Waals surface area contributed by atoms with Crippen LogP contribution in [0.1, 0.15) is 35.5 Å². The van der Waals surface area contributed by atoms with Crippen LogP contribution in [0.15, 0.2) is 46.1 Å². The Bertz CT molecular complexity index is 1060. The monoisotopic (exact) mass is 424 g/mol. The van der Waals surface area contributed by atoms with Crippen LogP contribution < -0.4 is 10.9 Å². The molecule has 0 spiro atoms. The van der Waals surface area contributed by atoms with Crippen molar-refractivity contribution in [3.8, 4) is 0 Å². The van der Waals surface area contributed by atoms with Crippen LogP contribution in [0.5, 0.6) is 0 Å². The molecule has 9 heteroatoms. The van der Waals surface area contributed by atoms with Crippen molar-refractivity contribution in [2.45, 2.75) is 31.3 Å². The molecule has 156 valence electrons. The minimum absolute atomic E-state index is 0.0772. The fourth-order valence-corrected chi connectivity index (χ4v) is 5.48. The van der Waals surface area contributed by atoms with E-state index < -0.39 is 6.04 Å². The predicted octanol–water partition coefficient (Wildman–Crippen LogP) is 1.55. The van der Waals surface area contributed by atoms with E-state index in [0.29, 0.717) is 13.0 Å². The van der Waals surface area contributed by atoms with Crippen molar-refractivity contribution in [1.29, 1.82) is 0 Å². The van der Waals surface area contributed by atoms with Gasteiger partial charge in [-0.1, -0.05) is 6.07 Å². The molecule has 0 radical (unpaired) electrons. The summed E-state index contributed by atoms with van der Waals surface area (Å²) in [6, 6.07) is 6.86. The van der Waals surface area contributed by atoms with Crippen molar-refractivity contribution in [2.75, 3.05) is 19.6 Å². The molecule has 1 fully saturated rings. The zero-order valence-corrected chi connectivity index (χ0v) is 17.3. The molecule has 3 aromatic heterocycles. The van der Waals surface area contributed by atoms with Gasteiger partial charge in [0.2, 0.25) is 5.91 Å². The maximum atomic E-state index is 13.2. The number of thiazole rings is 1. The highest BCUT2D eigenvalue weighted by Crippen LogP contribution is 2.41. The molecule has 5 rings (SSSR count). The number of H-pyrrole nitrogens is 1. The lowest BCUT2D eigenvalue weighted by Crippen LogP contribution is -2.53. The number of amides is 1. The summed E-state index contributed by atoms with van der Waals surface area (Å²) in [6.07, 6.45) is 3.37. The van der Waals surface area contributed by atoms with E-state index in [1.54, 1.807) is 39.7 Å². The van der Waals surface area contributed by atoms with Crippen LogP contribution in [0, 0.1) is 5.92 Å². The van der Waals surface area contributed by atoms with Crippen LogP contribution in [-0.4, -0.2) is 50.2 Å². The number of likely N-dealkylation sites (tertiary alicyclic amines) is 1.